The van der Waals surface area contributed by atoms with E-state index < -0.39 is 0 Å². The Morgan fingerprint density at radius 2 is 2.27 bits per heavy atom. The van der Waals surface area contributed by atoms with Crippen molar-refractivity contribution in [1.82, 2.24) is 5.43 Å². The summed E-state index contributed by atoms with van der Waals surface area (Å²) in [5, 5.41) is 2.12. The van der Waals surface area contributed by atoms with Crippen LogP contribution in [0.5, 0.6) is 0 Å². The van der Waals surface area contributed by atoms with Crippen LogP contribution in [0, 0.1) is 0 Å². The van der Waals surface area contributed by atoms with E-state index in [-0.39, 0.29) is 6.04 Å². The minimum Gasteiger partial charge on any atom is -0.271 e. The van der Waals surface area contributed by atoms with Crippen LogP contribution in [0.2, 0.25) is 0 Å². The van der Waals surface area contributed by atoms with Crippen molar-refractivity contribution in [2.75, 3.05) is 0 Å². The number of allylic oxidation sites excluding steroid dienone is 1. The zero-order valence-corrected chi connectivity index (χ0v) is 10.4. The quantitative estimate of drug-likeness (QED) is 0.488. The van der Waals surface area contributed by atoms with Crippen molar-refractivity contribution in [3.05, 3.63) is 34.0 Å². The lowest BCUT2D eigenvalue weighted by Crippen LogP contribution is -2.26. The normalized spacial score (nSPS) is 13.0. The summed E-state index contributed by atoms with van der Waals surface area (Å²) in [6.07, 6.45) is 2.15. The van der Waals surface area contributed by atoms with Gasteiger partial charge in [0.1, 0.15) is 0 Å². The summed E-state index contributed by atoms with van der Waals surface area (Å²) in [6, 6.07) is 4.51. The standard InChI is InChI=1S/C11H14N2S2/c1-7(2)5-8(13-12)10-6-11-9(15-10)3-4-14-11/h3-6,8,13H,12H2,1-2H3. The fourth-order valence-corrected chi connectivity index (χ4v) is 3.63. The van der Waals surface area contributed by atoms with Crippen molar-refractivity contribution in [3.63, 3.8) is 0 Å². The molecule has 0 aliphatic carbocycles. The lowest BCUT2D eigenvalue weighted by Gasteiger charge is -2.09. The molecule has 15 heavy (non-hydrogen) atoms. The Hall–Kier alpha value is -0.680. The maximum absolute atomic E-state index is 5.56. The molecule has 1 unspecified atom stereocenters. The first-order valence-electron chi connectivity index (χ1n) is 4.79. The van der Waals surface area contributed by atoms with Gasteiger partial charge in [0.15, 0.2) is 0 Å². The van der Waals surface area contributed by atoms with Crippen LogP contribution in [0.25, 0.3) is 9.40 Å². The molecule has 0 aliphatic heterocycles. The summed E-state index contributed by atoms with van der Waals surface area (Å²) in [7, 11) is 0. The Labute approximate surface area is 97.4 Å². The first-order chi connectivity index (χ1) is 7.20. The van der Waals surface area contributed by atoms with Gasteiger partial charge in [0, 0.05) is 14.3 Å². The number of rotatable bonds is 3. The Balaban J connectivity index is 2.36. The second kappa shape index (κ2) is 4.45. The smallest absolute Gasteiger partial charge is 0.0736 e. The van der Waals surface area contributed by atoms with E-state index >= 15 is 0 Å². The van der Waals surface area contributed by atoms with Crippen LogP contribution in [0.15, 0.2) is 29.2 Å². The molecule has 0 bridgehead atoms. The molecule has 2 nitrogen and oxygen atoms in total. The van der Waals surface area contributed by atoms with E-state index in [9.17, 15) is 0 Å². The van der Waals surface area contributed by atoms with E-state index in [4.69, 9.17) is 5.84 Å². The largest absolute Gasteiger partial charge is 0.271 e. The molecule has 0 saturated carbocycles. The van der Waals surface area contributed by atoms with E-state index in [0.717, 1.165) is 0 Å². The number of hydrogen-bond acceptors (Lipinski definition) is 4. The van der Waals surface area contributed by atoms with Crippen molar-refractivity contribution in [2.45, 2.75) is 19.9 Å². The summed E-state index contributed by atoms with van der Waals surface area (Å²) in [4.78, 5) is 1.28. The maximum atomic E-state index is 5.56. The highest BCUT2D eigenvalue weighted by molar-refractivity contribution is 7.26. The molecule has 0 spiro atoms. The fraction of sp³-hybridized carbons (Fsp3) is 0.273. The Bertz CT molecular complexity index is 449. The second-order valence-corrected chi connectivity index (χ2v) is 5.75. The predicted octanol–water partition coefficient (Wildman–Crippen LogP) is 3.43. The monoisotopic (exact) mass is 238 g/mol. The summed E-state index contributed by atoms with van der Waals surface area (Å²) in [5.74, 6) is 5.56. The Morgan fingerprint density at radius 1 is 1.47 bits per heavy atom. The lowest BCUT2D eigenvalue weighted by molar-refractivity contribution is 0.662. The van der Waals surface area contributed by atoms with Gasteiger partial charge in [0.05, 0.1) is 6.04 Å². The van der Waals surface area contributed by atoms with Crippen molar-refractivity contribution in [3.8, 4) is 0 Å². The van der Waals surface area contributed by atoms with Crippen molar-refractivity contribution >= 4 is 32.1 Å². The Kier molecular flexibility index (Phi) is 3.21. The molecular formula is C11H14N2S2. The second-order valence-electron chi connectivity index (χ2n) is 3.69. The van der Waals surface area contributed by atoms with E-state index in [1.54, 1.807) is 22.7 Å². The molecule has 0 aliphatic rings. The number of hydrazine groups is 1. The lowest BCUT2D eigenvalue weighted by atomic mass is 10.2. The van der Waals surface area contributed by atoms with Gasteiger partial charge in [0.25, 0.3) is 0 Å². The van der Waals surface area contributed by atoms with Crippen LogP contribution >= 0.6 is 22.7 Å². The van der Waals surface area contributed by atoms with Gasteiger partial charge in [-0.25, -0.2) is 5.43 Å². The van der Waals surface area contributed by atoms with E-state index in [2.05, 4.69) is 42.9 Å². The maximum Gasteiger partial charge on any atom is 0.0736 e. The zero-order chi connectivity index (χ0) is 10.8. The third kappa shape index (κ3) is 2.29. The third-order valence-electron chi connectivity index (χ3n) is 2.14. The first kappa shape index (κ1) is 10.8. The molecule has 2 aromatic heterocycles. The minimum atomic E-state index is 0.139. The van der Waals surface area contributed by atoms with Crippen LogP contribution in [0.1, 0.15) is 24.8 Å². The predicted molar refractivity (Wildman–Crippen MR) is 69.2 cm³/mol. The topological polar surface area (TPSA) is 38.0 Å². The molecule has 0 amide bonds. The molecule has 0 fully saturated rings. The number of fused-ring (bicyclic) bond motifs is 1. The number of nitrogens with two attached hydrogens (primary N) is 1. The van der Waals surface area contributed by atoms with Crippen molar-refractivity contribution < 1.29 is 0 Å². The SMILES string of the molecule is CC(C)=CC(NN)c1cc2sccc2s1. The first-order valence-corrected chi connectivity index (χ1v) is 6.48. The molecular weight excluding hydrogens is 224 g/mol. The molecule has 3 N–H and O–H groups in total. The molecule has 0 saturated heterocycles. The van der Waals surface area contributed by atoms with Crippen LogP contribution in [-0.4, -0.2) is 0 Å². The molecule has 2 aromatic rings. The van der Waals surface area contributed by atoms with Gasteiger partial charge in [-0.2, -0.15) is 0 Å². The van der Waals surface area contributed by atoms with Crippen molar-refractivity contribution in [1.29, 1.82) is 0 Å². The van der Waals surface area contributed by atoms with Gasteiger partial charge in [-0.05, 0) is 31.4 Å². The summed E-state index contributed by atoms with van der Waals surface area (Å²) < 4.78 is 2.69. The number of thiophene rings is 2. The van der Waals surface area contributed by atoms with E-state index in [0.29, 0.717) is 0 Å². The summed E-state index contributed by atoms with van der Waals surface area (Å²) in [6.45, 7) is 4.17. The number of nitrogens with one attached hydrogen (secondary N) is 1. The van der Waals surface area contributed by atoms with Crippen molar-refractivity contribution in [2.24, 2.45) is 5.84 Å². The Morgan fingerprint density at radius 3 is 2.87 bits per heavy atom. The molecule has 2 rings (SSSR count). The van der Waals surface area contributed by atoms with Gasteiger partial charge in [-0.15, -0.1) is 22.7 Å². The highest BCUT2D eigenvalue weighted by atomic mass is 32.1. The van der Waals surface area contributed by atoms with Gasteiger partial charge >= 0.3 is 0 Å². The third-order valence-corrected chi connectivity index (χ3v) is 4.32. The van der Waals surface area contributed by atoms with Crippen LogP contribution in [0.4, 0.5) is 0 Å². The average Bonchev–Trinajstić information content (AvgIpc) is 2.72. The summed E-state index contributed by atoms with van der Waals surface area (Å²) in [5.41, 5.74) is 4.11. The van der Waals surface area contributed by atoms with Gasteiger partial charge in [-0.1, -0.05) is 11.6 Å². The minimum absolute atomic E-state index is 0.139. The van der Waals surface area contributed by atoms with Gasteiger partial charge < -0.3 is 0 Å². The van der Waals surface area contributed by atoms with E-state index in [1.807, 2.05) is 0 Å². The molecule has 0 aromatic carbocycles. The molecule has 0 radical (unpaired) electrons. The number of hydrogen-bond donors (Lipinski definition) is 2. The summed E-state index contributed by atoms with van der Waals surface area (Å²) >= 11 is 3.58. The van der Waals surface area contributed by atoms with Crippen LogP contribution in [-0.2, 0) is 0 Å². The molecule has 2 heterocycles. The van der Waals surface area contributed by atoms with Gasteiger partial charge in [0.2, 0.25) is 0 Å². The zero-order valence-electron chi connectivity index (χ0n) is 8.78. The highest BCUT2D eigenvalue weighted by Crippen LogP contribution is 2.33. The molecule has 4 heteroatoms. The van der Waals surface area contributed by atoms with E-state index in [1.165, 1.54) is 19.9 Å². The molecule has 1 atom stereocenters. The van der Waals surface area contributed by atoms with Crippen LogP contribution in [0.3, 0.4) is 0 Å². The fourth-order valence-electron chi connectivity index (χ4n) is 1.48. The van der Waals surface area contributed by atoms with Crippen LogP contribution < -0.4 is 11.3 Å². The highest BCUT2D eigenvalue weighted by Gasteiger charge is 2.10. The molecule has 80 valence electrons. The average molecular weight is 238 g/mol. The van der Waals surface area contributed by atoms with Gasteiger partial charge in [-0.3, -0.25) is 5.84 Å².